The lowest BCUT2D eigenvalue weighted by Gasteiger charge is -1.94. The van der Waals surface area contributed by atoms with E-state index in [0.717, 1.165) is 0 Å². The van der Waals surface area contributed by atoms with Crippen molar-refractivity contribution in [2.24, 2.45) is 0 Å². The van der Waals surface area contributed by atoms with E-state index in [1.165, 1.54) is 0 Å². The number of pyridine rings is 1. The summed E-state index contributed by atoms with van der Waals surface area (Å²) in [6, 6.07) is 1.68. The zero-order valence-corrected chi connectivity index (χ0v) is 5.64. The largest absolute Gasteiger partial charge is 0.264 e. The highest BCUT2D eigenvalue weighted by Gasteiger charge is 1.93. The minimum atomic E-state index is -0.221. The molecule has 0 atom stereocenters. The van der Waals surface area contributed by atoms with Gasteiger partial charge < -0.3 is 0 Å². The van der Waals surface area contributed by atoms with Crippen molar-refractivity contribution in [2.45, 2.75) is 11.5 Å². The van der Waals surface area contributed by atoms with Gasteiger partial charge in [-0.2, -0.15) is 0 Å². The van der Waals surface area contributed by atoms with Crippen molar-refractivity contribution in [3.63, 3.8) is 0 Å². The van der Waals surface area contributed by atoms with Crippen LogP contribution >= 0.6 is 12.6 Å². The molecule has 1 rings (SSSR count). The van der Waals surface area contributed by atoms with E-state index in [0.29, 0.717) is 10.5 Å². The molecule has 0 bridgehead atoms. The van der Waals surface area contributed by atoms with Gasteiger partial charge in [0.15, 0.2) is 0 Å². The first-order valence-electron chi connectivity index (χ1n) is 2.54. The highest BCUT2D eigenvalue weighted by Crippen LogP contribution is 2.09. The molecule has 3 heteroatoms. The van der Waals surface area contributed by atoms with E-state index in [-0.39, 0.29) is 6.61 Å². The van der Waals surface area contributed by atoms with Crippen LogP contribution in [0.25, 0.3) is 0 Å². The Bertz CT molecular complexity index is 202. The van der Waals surface area contributed by atoms with E-state index in [2.05, 4.69) is 17.6 Å². The first kappa shape index (κ1) is 6.58. The molecule has 2 nitrogen and oxygen atoms in total. The van der Waals surface area contributed by atoms with E-state index in [1.54, 1.807) is 18.5 Å². The van der Waals surface area contributed by atoms with E-state index < -0.39 is 0 Å². The lowest BCUT2D eigenvalue weighted by Crippen LogP contribution is -1.83. The van der Waals surface area contributed by atoms with Crippen molar-refractivity contribution in [1.29, 1.82) is 0 Å². The van der Waals surface area contributed by atoms with Crippen molar-refractivity contribution >= 4 is 12.6 Å². The molecule has 0 amide bonds. The standard InChI is InChI=1S/C6H6NOS/c8-4-5-1-2-7-3-6(5)9/h1-3,9H,4H2. The van der Waals surface area contributed by atoms with Gasteiger partial charge in [-0.3, -0.25) is 4.98 Å². The maximum Gasteiger partial charge on any atom is 0.108 e. The summed E-state index contributed by atoms with van der Waals surface area (Å²) in [5.41, 5.74) is 0.702. The second-order valence-corrected chi connectivity index (χ2v) is 2.13. The molecule has 47 valence electrons. The minimum absolute atomic E-state index is 0.221. The second-order valence-electron chi connectivity index (χ2n) is 1.65. The van der Waals surface area contributed by atoms with Crippen LogP contribution in [0.4, 0.5) is 0 Å². The van der Waals surface area contributed by atoms with Crippen molar-refractivity contribution in [3.8, 4) is 0 Å². The van der Waals surface area contributed by atoms with Gasteiger partial charge in [-0.25, -0.2) is 5.11 Å². The van der Waals surface area contributed by atoms with Gasteiger partial charge in [0.25, 0.3) is 0 Å². The summed E-state index contributed by atoms with van der Waals surface area (Å²) in [6.07, 6.45) is 3.16. The van der Waals surface area contributed by atoms with Crippen LogP contribution in [0.15, 0.2) is 23.4 Å². The summed E-state index contributed by atoms with van der Waals surface area (Å²) in [5, 5.41) is 10.3. The summed E-state index contributed by atoms with van der Waals surface area (Å²) < 4.78 is 0. The average Bonchev–Trinajstić information content (AvgIpc) is 1.89. The summed E-state index contributed by atoms with van der Waals surface area (Å²) >= 11 is 4.02. The summed E-state index contributed by atoms with van der Waals surface area (Å²) in [5.74, 6) is 0. The van der Waals surface area contributed by atoms with Crippen LogP contribution in [0, 0.1) is 0 Å². The van der Waals surface area contributed by atoms with Crippen molar-refractivity contribution in [1.82, 2.24) is 4.98 Å². The SMILES string of the molecule is [O]Cc1ccncc1S. The molecule has 0 fully saturated rings. The summed E-state index contributed by atoms with van der Waals surface area (Å²) in [7, 11) is 0. The van der Waals surface area contributed by atoms with Crippen molar-refractivity contribution < 1.29 is 5.11 Å². The maximum atomic E-state index is 10.3. The number of nitrogens with zero attached hydrogens (tertiary/aromatic N) is 1. The van der Waals surface area contributed by atoms with E-state index >= 15 is 0 Å². The quantitative estimate of drug-likeness (QED) is 0.586. The number of thiol groups is 1. The molecule has 0 spiro atoms. The Morgan fingerprint density at radius 2 is 2.44 bits per heavy atom. The predicted octanol–water partition coefficient (Wildman–Crippen LogP) is 1.30. The van der Waals surface area contributed by atoms with Crippen LogP contribution in [-0.4, -0.2) is 4.98 Å². The average molecular weight is 140 g/mol. The molecule has 0 aliphatic carbocycles. The molecular weight excluding hydrogens is 134 g/mol. The van der Waals surface area contributed by atoms with Crippen LogP contribution in [0.2, 0.25) is 0 Å². The van der Waals surface area contributed by atoms with Crippen LogP contribution in [-0.2, 0) is 11.7 Å². The van der Waals surface area contributed by atoms with Crippen LogP contribution in [0.1, 0.15) is 5.56 Å². The Labute approximate surface area is 59.0 Å². The summed E-state index contributed by atoms with van der Waals surface area (Å²) in [4.78, 5) is 4.45. The minimum Gasteiger partial charge on any atom is -0.264 e. The zero-order chi connectivity index (χ0) is 6.69. The molecule has 0 aromatic carbocycles. The molecule has 1 aromatic rings. The second kappa shape index (κ2) is 2.85. The van der Waals surface area contributed by atoms with Gasteiger partial charge in [-0.1, -0.05) is 0 Å². The predicted molar refractivity (Wildman–Crippen MR) is 35.9 cm³/mol. The Hall–Kier alpha value is -0.540. The first-order valence-corrected chi connectivity index (χ1v) is 2.99. The van der Waals surface area contributed by atoms with Crippen molar-refractivity contribution in [3.05, 3.63) is 24.0 Å². The van der Waals surface area contributed by atoms with Gasteiger partial charge in [0.2, 0.25) is 0 Å². The Kier molecular flexibility index (Phi) is 2.08. The molecule has 1 radical (unpaired) electrons. The van der Waals surface area contributed by atoms with Crippen LogP contribution in [0.5, 0.6) is 0 Å². The smallest absolute Gasteiger partial charge is 0.108 e. The third-order valence-electron chi connectivity index (χ3n) is 1.04. The fraction of sp³-hybridized carbons (Fsp3) is 0.167. The monoisotopic (exact) mass is 140 g/mol. The van der Waals surface area contributed by atoms with Crippen LogP contribution < -0.4 is 0 Å². The zero-order valence-electron chi connectivity index (χ0n) is 4.74. The van der Waals surface area contributed by atoms with E-state index in [9.17, 15) is 5.11 Å². The Morgan fingerprint density at radius 1 is 1.67 bits per heavy atom. The molecule has 0 saturated carbocycles. The lowest BCUT2D eigenvalue weighted by molar-refractivity contribution is 0.175. The topological polar surface area (TPSA) is 32.8 Å². The fourth-order valence-electron chi connectivity index (χ4n) is 0.537. The van der Waals surface area contributed by atoms with Gasteiger partial charge in [-0.05, 0) is 11.6 Å². The third kappa shape index (κ3) is 1.43. The number of aromatic nitrogens is 1. The van der Waals surface area contributed by atoms with Gasteiger partial charge in [0.1, 0.15) is 6.61 Å². The first-order chi connectivity index (χ1) is 4.34. The Balaban J connectivity index is 3.01. The maximum absolute atomic E-state index is 10.3. The lowest BCUT2D eigenvalue weighted by atomic mass is 10.3. The highest BCUT2D eigenvalue weighted by molar-refractivity contribution is 7.80. The molecule has 0 saturated heterocycles. The number of rotatable bonds is 1. The van der Waals surface area contributed by atoms with Gasteiger partial charge in [0.05, 0.1) is 0 Å². The molecule has 1 heterocycles. The molecule has 0 aliphatic rings. The summed E-state index contributed by atoms with van der Waals surface area (Å²) in [6.45, 7) is -0.221. The van der Waals surface area contributed by atoms with Crippen molar-refractivity contribution in [2.75, 3.05) is 0 Å². The molecule has 9 heavy (non-hydrogen) atoms. The Morgan fingerprint density at radius 3 is 2.89 bits per heavy atom. The van der Waals surface area contributed by atoms with Gasteiger partial charge in [-0.15, -0.1) is 12.6 Å². The molecule has 0 aliphatic heterocycles. The van der Waals surface area contributed by atoms with Gasteiger partial charge >= 0.3 is 0 Å². The third-order valence-corrected chi connectivity index (χ3v) is 1.45. The number of hydrogen-bond acceptors (Lipinski definition) is 2. The molecule has 0 unspecified atom stereocenters. The van der Waals surface area contributed by atoms with Crippen LogP contribution in [0.3, 0.4) is 0 Å². The van der Waals surface area contributed by atoms with E-state index in [4.69, 9.17) is 0 Å². The number of hydrogen-bond donors (Lipinski definition) is 1. The van der Waals surface area contributed by atoms with E-state index in [1.807, 2.05) is 0 Å². The molecule has 1 aromatic heterocycles. The molecular formula is C6H6NOS. The van der Waals surface area contributed by atoms with Gasteiger partial charge in [0, 0.05) is 17.3 Å². The fourth-order valence-corrected chi connectivity index (χ4v) is 0.743. The molecule has 0 N–H and O–H groups in total. The highest BCUT2D eigenvalue weighted by atomic mass is 32.1. The normalized spacial score (nSPS) is 9.56.